The van der Waals surface area contributed by atoms with Gasteiger partial charge in [0.25, 0.3) is 0 Å². The van der Waals surface area contributed by atoms with Crippen molar-refractivity contribution < 1.29 is 14.3 Å². The van der Waals surface area contributed by atoms with E-state index in [4.69, 9.17) is 10.00 Å². The summed E-state index contributed by atoms with van der Waals surface area (Å²) >= 11 is 0. The average molecular weight is 261 g/mol. The van der Waals surface area contributed by atoms with E-state index in [0.29, 0.717) is 0 Å². The van der Waals surface area contributed by atoms with E-state index in [1.165, 1.54) is 7.11 Å². The van der Waals surface area contributed by atoms with Gasteiger partial charge in [0.15, 0.2) is 0 Å². The molecule has 1 rings (SSSR count). The molecule has 102 valence electrons. The zero-order valence-corrected chi connectivity index (χ0v) is 11.6. The van der Waals surface area contributed by atoms with Crippen molar-refractivity contribution in [3.8, 4) is 6.07 Å². The molecule has 0 aliphatic heterocycles. The molecule has 0 radical (unpaired) electrons. The van der Waals surface area contributed by atoms with E-state index in [9.17, 15) is 4.79 Å². The molecule has 0 saturated carbocycles. The number of carbonyl (C=O) groups is 1. The smallest absolute Gasteiger partial charge is 0.348 e. The Morgan fingerprint density at radius 3 is 2.74 bits per heavy atom. The van der Waals surface area contributed by atoms with E-state index in [0.717, 1.165) is 12.8 Å². The highest BCUT2D eigenvalue weighted by Crippen LogP contribution is 2.34. The Bertz CT molecular complexity index is 457. The topological polar surface area (TPSA) is 59.3 Å². The summed E-state index contributed by atoms with van der Waals surface area (Å²) in [6.45, 7) is 2.07. The van der Waals surface area contributed by atoms with Crippen LogP contribution >= 0.6 is 0 Å². The van der Waals surface area contributed by atoms with Gasteiger partial charge in [0.1, 0.15) is 11.6 Å². The van der Waals surface area contributed by atoms with Gasteiger partial charge in [-0.2, -0.15) is 5.26 Å². The largest absolute Gasteiger partial charge is 0.465 e. The Balaban J connectivity index is 3.12. The summed E-state index contributed by atoms with van der Waals surface area (Å²) in [5.74, 6) is -0.775. The second-order valence-corrected chi connectivity index (χ2v) is 4.36. The number of nitriles is 1. The predicted molar refractivity (Wildman–Crippen MR) is 72.1 cm³/mol. The lowest BCUT2D eigenvalue weighted by molar-refractivity contribution is -0.135. The predicted octanol–water partition coefficient (Wildman–Crippen LogP) is 2.54. The van der Waals surface area contributed by atoms with Crippen molar-refractivity contribution in [3.63, 3.8) is 0 Å². The summed E-state index contributed by atoms with van der Waals surface area (Å²) in [4.78, 5) is 11.5. The average Bonchev–Trinajstić information content (AvgIpc) is 2.45. The van der Waals surface area contributed by atoms with E-state index in [1.807, 2.05) is 30.4 Å². The fourth-order valence-corrected chi connectivity index (χ4v) is 2.26. The number of nitrogens with zero attached hydrogens (tertiary/aromatic N) is 1. The summed E-state index contributed by atoms with van der Waals surface area (Å²) in [6, 6.07) is 1.88. The Morgan fingerprint density at radius 1 is 1.47 bits per heavy atom. The molecule has 0 bridgehead atoms. The first-order valence-corrected chi connectivity index (χ1v) is 6.25. The van der Waals surface area contributed by atoms with Crippen molar-refractivity contribution in [2.75, 3.05) is 14.2 Å². The molecular formula is C15H19NO3. The minimum Gasteiger partial charge on any atom is -0.465 e. The van der Waals surface area contributed by atoms with Crippen molar-refractivity contribution in [3.05, 3.63) is 36.0 Å². The Morgan fingerprint density at radius 2 is 2.21 bits per heavy atom. The molecule has 0 spiro atoms. The van der Waals surface area contributed by atoms with Gasteiger partial charge in [-0.25, -0.2) is 4.79 Å². The molecule has 2 atom stereocenters. The summed E-state index contributed by atoms with van der Waals surface area (Å²) in [6.07, 6.45) is 11.1. The quantitative estimate of drug-likeness (QED) is 0.433. The first-order valence-electron chi connectivity index (χ1n) is 6.25. The molecule has 0 aromatic heterocycles. The van der Waals surface area contributed by atoms with Crippen molar-refractivity contribution in [2.24, 2.45) is 5.92 Å². The van der Waals surface area contributed by atoms with E-state index in [1.54, 1.807) is 13.2 Å². The number of esters is 1. The molecule has 4 nitrogen and oxygen atoms in total. The third-order valence-corrected chi connectivity index (χ3v) is 3.26. The Hall–Kier alpha value is -1.86. The van der Waals surface area contributed by atoms with Gasteiger partial charge in [0.05, 0.1) is 12.7 Å². The summed E-state index contributed by atoms with van der Waals surface area (Å²) in [5, 5.41) is 9.03. The van der Waals surface area contributed by atoms with Gasteiger partial charge < -0.3 is 9.47 Å². The van der Waals surface area contributed by atoms with E-state index in [2.05, 4.69) is 11.7 Å². The van der Waals surface area contributed by atoms with Crippen LogP contribution in [0.25, 0.3) is 0 Å². The number of hydrogen-bond acceptors (Lipinski definition) is 4. The van der Waals surface area contributed by atoms with Crippen LogP contribution in [0.4, 0.5) is 0 Å². The first-order chi connectivity index (χ1) is 9.13. The van der Waals surface area contributed by atoms with Crippen LogP contribution in [0.3, 0.4) is 0 Å². The Labute approximate surface area is 114 Å². The summed E-state index contributed by atoms with van der Waals surface area (Å²) in [5.41, 5.74) is -0.496. The van der Waals surface area contributed by atoms with Gasteiger partial charge in [0, 0.05) is 13.0 Å². The van der Waals surface area contributed by atoms with Gasteiger partial charge >= 0.3 is 5.97 Å². The van der Waals surface area contributed by atoms with Gasteiger partial charge in [-0.15, -0.1) is 0 Å². The lowest BCUT2D eigenvalue weighted by Gasteiger charge is -2.36. The number of allylic oxidation sites excluding steroid dienone is 2. The summed E-state index contributed by atoms with van der Waals surface area (Å²) in [7, 11) is 2.91. The van der Waals surface area contributed by atoms with Gasteiger partial charge in [0.2, 0.25) is 0 Å². The highest BCUT2D eigenvalue weighted by Gasteiger charge is 2.35. The molecule has 2 unspecified atom stereocenters. The molecule has 0 amide bonds. The zero-order valence-electron chi connectivity index (χ0n) is 11.6. The van der Waals surface area contributed by atoms with Crippen LogP contribution in [0.2, 0.25) is 0 Å². The maximum absolute atomic E-state index is 11.5. The standard InChI is InChI=1S/C15H19NO3/c1-4-8-15(19-3)9-6-5-7-13(15)10-12(11-16)14(17)18-2/h5-7,9-10,13H,4,8H2,1-3H3. The van der Waals surface area contributed by atoms with Crippen molar-refractivity contribution in [2.45, 2.75) is 25.4 Å². The molecule has 4 heteroatoms. The van der Waals surface area contributed by atoms with E-state index in [-0.39, 0.29) is 11.5 Å². The fourth-order valence-electron chi connectivity index (χ4n) is 2.26. The monoisotopic (exact) mass is 261 g/mol. The zero-order chi connectivity index (χ0) is 14.3. The van der Waals surface area contributed by atoms with Crippen LogP contribution in [-0.4, -0.2) is 25.8 Å². The number of carbonyl (C=O) groups excluding carboxylic acids is 1. The minimum absolute atomic E-state index is 0.00461. The van der Waals surface area contributed by atoms with Crippen LogP contribution in [0, 0.1) is 17.2 Å². The van der Waals surface area contributed by atoms with Crippen molar-refractivity contribution in [1.29, 1.82) is 5.26 Å². The number of methoxy groups -OCH3 is 2. The maximum Gasteiger partial charge on any atom is 0.348 e. The van der Waals surface area contributed by atoms with Crippen molar-refractivity contribution >= 4 is 5.97 Å². The van der Waals surface area contributed by atoms with Crippen LogP contribution in [-0.2, 0) is 14.3 Å². The van der Waals surface area contributed by atoms with Gasteiger partial charge in [-0.3, -0.25) is 0 Å². The number of ether oxygens (including phenoxy) is 2. The third-order valence-electron chi connectivity index (χ3n) is 3.26. The molecule has 0 aromatic rings. The van der Waals surface area contributed by atoms with Crippen LogP contribution in [0.5, 0.6) is 0 Å². The minimum atomic E-state index is -0.619. The molecule has 0 saturated heterocycles. The molecular weight excluding hydrogens is 242 g/mol. The first kappa shape index (κ1) is 15.2. The number of rotatable bonds is 5. The van der Waals surface area contributed by atoms with Gasteiger partial charge in [-0.05, 0) is 12.5 Å². The van der Waals surface area contributed by atoms with E-state index >= 15 is 0 Å². The second kappa shape index (κ2) is 6.91. The SMILES string of the molecule is CCCC1(OC)C=CC=CC1C=C(C#N)C(=O)OC. The van der Waals surface area contributed by atoms with Crippen LogP contribution in [0.15, 0.2) is 36.0 Å². The molecule has 1 aliphatic carbocycles. The lowest BCUT2D eigenvalue weighted by Crippen LogP contribution is -2.37. The van der Waals surface area contributed by atoms with Crippen molar-refractivity contribution in [1.82, 2.24) is 0 Å². The van der Waals surface area contributed by atoms with Gasteiger partial charge in [-0.1, -0.05) is 37.6 Å². The Kier molecular flexibility index (Phi) is 5.53. The lowest BCUT2D eigenvalue weighted by atomic mass is 9.79. The number of hydrogen-bond donors (Lipinski definition) is 0. The highest BCUT2D eigenvalue weighted by atomic mass is 16.5. The molecule has 0 N–H and O–H groups in total. The maximum atomic E-state index is 11.5. The highest BCUT2D eigenvalue weighted by molar-refractivity contribution is 5.92. The molecule has 0 heterocycles. The normalized spacial score (nSPS) is 26.0. The molecule has 0 fully saturated rings. The fraction of sp³-hybridized carbons (Fsp3) is 0.467. The second-order valence-electron chi connectivity index (χ2n) is 4.36. The molecule has 0 aromatic carbocycles. The van der Waals surface area contributed by atoms with Crippen LogP contribution in [0.1, 0.15) is 19.8 Å². The molecule has 1 aliphatic rings. The third kappa shape index (κ3) is 3.33. The molecule has 19 heavy (non-hydrogen) atoms. The van der Waals surface area contributed by atoms with E-state index < -0.39 is 11.6 Å². The van der Waals surface area contributed by atoms with Crippen LogP contribution < -0.4 is 0 Å². The summed E-state index contributed by atoms with van der Waals surface area (Å²) < 4.78 is 10.2.